The van der Waals surface area contributed by atoms with E-state index in [4.69, 9.17) is 5.73 Å². The van der Waals surface area contributed by atoms with Crippen LogP contribution in [0.5, 0.6) is 0 Å². The third-order valence-corrected chi connectivity index (χ3v) is 1.39. The summed E-state index contributed by atoms with van der Waals surface area (Å²) < 4.78 is 12.7. The Kier molecular flexibility index (Phi) is 3.01. The van der Waals surface area contributed by atoms with Gasteiger partial charge in [0.05, 0.1) is 5.69 Å². The number of urea groups is 1. The van der Waals surface area contributed by atoms with Crippen LogP contribution >= 0.6 is 0 Å². The maximum Gasteiger partial charge on any atom is 0.350 e. The molecule has 6 heteroatoms. The second-order valence-electron chi connectivity index (χ2n) is 2.42. The molecule has 0 aromatic heterocycles. The molecule has 0 unspecified atom stereocenters. The lowest BCUT2D eigenvalue weighted by molar-refractivity contribution is 0.142. The van der Waals surface area contributed by atoms with Gasteiger partial charge in [-0.3, -0.25) is 0 Å². The van der Waals surface area contributed by atoms with Gasteiger partial charge in [-0.2, -0.15) is 0 Å². The van der Waals surface area contributed by atoms with Crippen molar-refractivity contribution >= 4 is 17.7 Å². The van der Waals surface area contributed by atoms with Gasteiger partial charge in [-0.25, -0.2) is 9.79 Å². The van der Waals surface area contributed by atoms with Crippen molar-refractivity contribution in [1.82, 2.24) is 5.12 Å². The number of benzene rings is 1. The summed E-state index contributed by atoms with van der Waals surface area (Å²) in [6, 6.07) is 7.11. The Hall–Kier alpha value is -2.11. The summed E-state index contributed by atoms with van der Waals surface area (Å²) >= 11 is 0. The third kappa shape index (κ3) is 2.44. The second kappa shape index (κ2) is 4.22. The highest BCUT2D eigenvalue weighted by Gasteiger charge is 2.12. The number of carbonyl (C=O) groups is 1. The van der Waals surface area contributed by atoms with Gasteiger partial charge in [0.25, 0.3) is 0 Å². The Balaban J connectivity index is 2.84. The van der Waals surface area contributed by atoms with E-state index < -0.39 is 17.1 Å². The van der Waals surface area contributed by atoms with Gasteiger partial charge < -0.3 is 11.5 Å². The predicted octanol–water partition coefficient (Wildman–Crippen LogP) is 0.898. The summed E-state index contributed by atoms with van der Waals surface area (Å²) in [7, 11) is 0. The Morgan fingerprint density at radius 2 is 1.86 bits per heavy atom. The van der Waals surface area contributed by atoms with Crippen LogP contribution in [0.1, 0.15) is 0 Å². The summed E-state index contributed by atoms with van der Waals surface area (Å²) in [4.78, 5) is 14.0. The number of rotatable bonds is 1. The molecule has 0 aliphatic heterocycles. The minimum absolute atomic E-state index is 0.424. The van der Waals surface area contributed by atoms with E-state index in [1.165, 1.54) is 0 Å². The lowest BCUT2D eigenvalue weighted by Gasteiger charge is -2.06. The van der Waals surface area contributed by atoms with E-state index in [1.807, 2.05) is 0 Å². The van der Waals surface area contributed by atoms with Gasteiger partial charge in [0.1, 0.15) is 0 Å². The summed E-state index contributed by atoms with van der Waals surface area (Å²) in [5.41, 5.74) is 10.2. The van der Waals surface area contributed by atoms with Crippen LogP contribution in [0.2, 0.25) is 0 Å². The van der Waals surface area contributed by atoms with E-state index in [0.717, 1.165) is 0 Å². The van der Waals surface area contributed by atoms with Gasteiger partial charge in [-0.05, 0) is 12.1 Å². The number of carbonyl (C=O) groups excluding carboxylic acids is 1. The summed E-state index contributed by atoms with van der Waals surface area (Å²) in [6.07, 6.45) is 0. The Labute approximate surface area is 79.8 Å². The Morgan fingerprint density at radius 3 is 2.36 bits per heavy atom. The van der Waals surface area contributed by atoms with Crippen LogP contribution in [-0.2, 0) is 0 Å². The molecule has 0 saturated heterocycles. The average molecular weight is 196 g/mol. The second-order valence-corrected chi connectivity index (χ2v) is 2.42. The highest BCUT2D eigenvalue weighted by Crippen LogP contribution is 2.09. The van der Waals surface area contributed by atoms with E-state index >= 15 is 0 Å². The van der Waals surface area contributed by atoms with Crippen molar-refractivity contribution in [3.05, 3.63) is 30.3 Å². The molecule has 0 saturated carbocycles. The number of guanidine groups is 1. The standard InChI is InChI=1S/C8H9FN4O/c9-13(8(11)14)7(10)12-6-4-2-1-3-5-6/h1-5H,(H2,10,12)(H2,11,14). The molecule has 2 amide bonds. The van der Waals surface area contributed by atoms with Crippen LogP contribution < -0.4 is 11.5 Å². The topological polar surface area (TPSA) is 84.7 Å². The number of hydrogen-bond acceptors (Lipinski definition) is 2. The van der Waals surface area contributed by atoms with Crippen LogP contribution in [-0.4, -0.2) is 17.1 Å². The first kappa shape index (κ1) is 9.97. The molecule has 0 aliphatic carbocycles. The monoisotopic (exact) mass is 196 g/mol. The molecule has 4 N–H and O–H groups in total. The maximum atomic E-state index is 12.7. The van der Waals surface area contributed by atoms with Crippen LogP contribution in [0.3, 0.4) is 0 Å². The number of primary amides is 1. The van der Waals surface area contributed by atoms with Gasteiger partial charge in [0, 0.05) is 0 Å². The van der Waals surface area contributed by atoms with E-state index in [-0.39, 0.29) is 0 Å². The molecule has 0 spiro atoms. The Bertz CT molecular complexity index is 352. The van der Waals surface area contributed by atoms with Crippen LogP contribution in [0.25, 0.3) is 0 Å². The molecule has 1 aromatic carbocycles. The first-order valence-corrected chi connectivity index (χ1v) is 3.76. The van der Waals surface area contributed by atoms with Crippen molar-refractivity contribution < 1.29 is 9.28 Å². The summed E-state index contributed by atoms with van der Waals surface area (Å²) in [5.74, 6) is -0.594. The van der Waals surface area contributed by atoms with E-state index in [2.05, 4.69) is 10.7 Å². The average Bonchev–Trinajstić information content (AvgIpc) is 2.18. The number of para-hydroxylation sites is 1. The number of aliphatic imine (C=N–C) groups is 1. The molecule has 1 aromatic rings. The largest absolute Gasteiger partial charge is 0.367 e. The molecule has 0 heterocycles. The van der Waals surface area contributed by atoms with E-state index in [9.17, 15) is 9.28 Å². The van der Waals surface area contributed by atoms with Gasteiger partial charge in [0.2, 0.25) is 5.96 Å². The molecule has 0 radical (unpaired) electrons. The van der Waals surface area contributed by atoms with Gasteiger partial charge in [-0.1, -0.05) is 27.8 Å². The highest BCUT2D eigenvalue weighted by molar-refractivity contribution is 5.94. The van der Waals surface area contributed by atoms with Gasteiger partial charge >= 0.3 is 6.03 Å². The first-order valence-electron chi connectivity index (χ1n) is 3.76. The predicted molar refractivity (Wildman–Crippen MR) is 50.3 cm³/mol. The zero-order valence-corrected chi connectivity index (χ0v) is 7.22. The molecule has 1 rings (SSSR count). The van der Waals surface area contributed by atoms with Crippen LogP contribution in [0.4, 0.5) is 15.0 Å². The van der Waals surface area contributed by atoms with Crippen molar-refractivity contribution in [3.63, 3.8) is 0 Å². The van der Waals surface area contributed by atoms with Gasteiger partial charge in [0.15, 0.2) is 0 Å². The number of nitrogens with zero attached hydrogens (tertiary/aromatic N) is 2. The zero-order valence-electron chi connectivity index (χ0n) is 7.22. The SMILES string of the molecule is NC(=O)N(F)C(N)=Nc1ccccc1. The highest BCUT2D eigenvalue weighted by atomic mass is 19.2. The normalized spacial score (nSPS) is 11.1. The number of amides is 2. The smallest absolute Gasteiger partial charge is 0.350 e. The Morgan fingerprint density at radius 1 is 1.29 bits per heavy atom. The van der Waals surface area contributed by atoms with Crippen molar-refractivity contribution in [2.45, 2.75) is 0 Å². The van der Waals surface area contributed by atoms with Crippen molar-refractivity contribution in [2.75, 3.05) is 0 Å². The lowest BCUT2D eigenvalue weighted by Crippen LogP contribution is -2.38. The van der Waals surface area contributed by atoms with Gasteiger partial charge in [-0.15, -0.1) is 0 Å². The molecule has 0 bridgehead atoms. The molecule has 0 fully saturated rings. The maximum absolute atomic E-state index is 12.7. The van der Waals surface area contributed by atoms with Crippen LogP contribution in [0.15, 0.2) is 35.3 Å². The molecule has 5 nitrogen and oxygen atoms in total. The summed E-state index contributed by atoms with van der Waals surface area (Å²) in [6.45, 7) is 0. The fraction of sp³-hybridized carbons (Fsp3) is 0. The van der Waals surface area contributed by atoms with E-state index in [1.54, 1.807) is 30.3 Å². The molecule has 0 aliphatic rings. The minimum atomic E-state index is -1.30. The van der Waals surface area contributed by atoms with E-state index in [0.29, 0.717) is 5.69 Å². The first-order chi connectivity index (χ1) is 6.61. The fourth-order valence-electron chi connectivity index (χ4n) is 0.792. The zero-order chi connectivity index (χ0) is 10.6. The number of halogens is 1. The quantitative estimate of drug-likeness (QED) is 0.397. The molecule has 74 valence electrons. The lowest BCUT2D eigenvalue weighted by atomic mass is 10.3. The molecular weight excluding hydrogens is 187 g/mol. The van der Waals surface area contributed by atoms with Crippen molar-refractivity contribution in [1.29, 1.82) is 0 Å². The van der Waals surface area contributed by atoms with Crippen LogP contribution in [0, 0.1) is 0 Å². The number of nitrogens with two attached hydrogens (primary N) is 2. The third-order valence-electron chi connectivity index (χ3n) is 1.39. The minimum Gasteiger partial charge on any atom is -0.367 e. The fourth-order valence-corrected chi connectivity index (χ4v) is 0.792. The van der Waals surface area contributed by atoms with Crippen molar-refractivity contribution in [2.24, 2.45) is 16.5 Å². The van der Waals surface area contributed by atoms with Crippen molar-refractivity contribution in [3.8, 4) is 0 Å². The molecular formula is C8H9FN4O. The summed E-state index contributed by atoms with van der Waals surface area (Å²) in [5, 5.41) is -0.424. The number of hydrogen-bond donors (Lipinski definition) is 2. The molecule has 14 heavy (non-hydrogen) atoms. The molecule has 0 atom stereocenters.